The summed E-state index contributed by atoms with van der Waals surface area (Å²) in [5.41, 5.74) is 9.82. The smallest absolute Gasteiger partial charge is 0.254 e. The largest absolute Gasteiger partial charge is 0.336 e. The number of nitrogens with zero attached hydrogens (tertiary/aromatic N) is 3. The van der Waals surface area contributed by atoms with Crippen molar-refractivity contribution in [2.45, 2.75) is 39.8 Å². The third-order valence-corrected chi connectivity index (χ3v) is 4.89. The molecule has 2 atom stereocenters. The normalized spacial score (nSPS) is 19.8. The predicted molar refractivity (Wildman–Crippen MR) is 102 cm³/mol. The molecule has 2 aromatic rings. The number of aromatic nitrogens is 2. The highest BCUT2D eigenvalue weighted by Gasteiger charge is 2.31. The molecule has 0 aliphatic carbocycles. The summed E-state index contributed by atoms with van der Waals surface area (Å²) in [7, 11) is 0. The van der Waals surface area contributed by atoms with E-state index >= 15 is 0 Å². The van der Waals surface area contributed by atoms with E-state index in [0.717, 1.165) is 42.0 Å². The minimum absolute atomic E-state index is 0. The molecule has 1 amide bonds. The van der Waals surface area contributed by atoms with Gasteiger partial charge in [0.25, 0.3) is 5.91 Å². The van der Waals surface area contributed by atoms with E-state index in [-0.39, 0.29) is 24.4 Å². The number of hydrogen-bond donors (Lipinski definition) is 1. The first-order valence-electron chi connectivity index (χ1n) is 8.59. The van der Waals surface area contributed by atoms with Gasteiger partial charge in [0, 0.05) is 23.8 Å². The summed E-state index contributed by atoms with van der Waals surface area (Å²) in [5, 5.41) is 4.48. The monoisotopic (exact) mass is 362 g/mol. The van der Waals surface area contributed by atoms with Gasteiger partial charge in [0.1, 0.15) is 0 Å². The number of benzene rings is 1. The summed E-state index contributed by atoms with van der Waals surface area (Å²) in [6.45, 7) is 8.30. The van der Waals surface area contributed by atoms with Crippen LogP contribution in [-0.2, 0) is 6.54 Å². The molecule has 5 nitrogen and oxygen atoms in total. The zero-order valence-electron chi connectivity index (χ0n) is 15.1. The Bertz CT molecular complexity index is 726. The van der Waals surface area contributed by atoms with E-state index in [0.29, 0.717) is 12.5 Å². The number of aryl methyl sites for hydroxylation is 2. The molecule has 136 valence electrons. The topological polar surface area (TPSA) is 64.2 Å². The maximum atomic E-state index is 12.7. The van der Waals surface area contributed by atoms with Crippen LogP contribution >= 0.6 is 12.4 Å². The molecule has 2 heterocycles. The lowest BCUT2D eigenvalue weighted by molar-refractivity contribution is 0.0743. The maximum absolute atomic E-state index is 12.7. The van der Waals surface area contributed by atoms with Gasteiger partial charge in [-0.05, 0) is 63.4 Å². The molecular weight excluding hydrogens is 336 g/mol. The molecule has 0 bridgehead atoms. The van der Waals surface area contributed by atoms with Gasteiger partial charge in [0.2, 0.25) is 0 Å². The predicted octanol–water partition coefficient (Wildman–Crippen LogP) is 2.78. The second-order valence-electron chi connectivity index (χ2n) is 6.93. The SMILES string of the molecule is Cc1cc(C)n(Cc2ccc(C(=O)N3CC(CN)CC3C)cc2)n1.Cl. The van der Waals surface area contributed by atoms with Crippen molar-refractivity contribution < 1.29 is 4.79 Å². The average Bonchev–Trinajstić information content (AvgIpc) is 3.09. The van der Waals surface area contributed by atoms with Crippen LogP contribution in [0.3, 0.4) is 0 Å². The Hall–Kier alpha value is -1.85. The lowest BCUT2D eigenvalue weighted by Crippen LogP contribution is -2.34. The van der Waals surface area contributed by atoms with Crippen molar-refractivity contribution in [2.24, 2.45) is 11.7 Å². The molecule has 3 rings (SSSR count). The van der Waals surface area contributed by atoms with E-state index in [4.69, 9.17) is 5.73 Å². The molecule has 0 radical (unpaired) electrons. The van der Waals surface area contributed by atoms with E-state index in [1.165, 1.54) is 0 Å². The van der Waals surface area contributed by atoms with Crippen molar-refractivity contribution >= 4 is 18.3 Å². The number of rotatable bonds is 4. The third kappa shape index (κ3) is 4.22. The summed E-state index contributed by atoms with van der Waals surface area (Å²) >= 11 is 0. The Labute approximate surface area is 155 Å². The number of carbonyl (C=O) groups is 1. The van der Waals surface area contributed by atoms with Crippen molar-refractivity contribution in [3.63, 3.8) is 0 Å². The van der Waals surface area contributed by atoms with Crippen LogP contribution in [0.5, 0.6) is 0 Å². The standard InChI is InChI=1S/C19H26N4O.ClH/c1-13-8-15(3)23(21-13)12-16-4-6-18(7-5-16)19(24)22-11-17(10-20)9-14(22)2;/h4-8,14,17H,9-12,20H2,1-3H3;1H. The minimum Gasteiger partial charge on any atom is -0.336 e. The van der Waals surface area contributed by atoms with Gasteiger partial charge >= 0.3 is 0 Å². The number of likely N-dealkylation sites (tertiary alicyclic amines) is 1. The van der Waals surface area contributed by atoms with Crippen molar-refractivity contribution in [3.05, 3.63) is 52.8 Å². The molecule has 1 aromatic carbocycles. The number of halogens is 1. The Balaban J connectivity index is 0.00000225. The maximum Gasteiger partial charge on any atom is 0.254 e. The van der Waals surface area contributed by atoms with Crippen LogP contribution in [0.4, 0.5) is 0 Å². The Morgan fingerprint density at radius 3 is 2.48 bits per heavy atom. The fourth-order valence-corrected chi connectivity index (χ4v) is 3.52. The Morgan fingerprint density at radius 2 is 1.96 bits per heavy atom. The summed E-state index contributed by atoms with van der Waals surface area (Å²) < 4.78 is 1.99. The van der Waals surface area contributed by atoms with Gasteiger partial charge in [-0.3, -0.25) is 9.48 Å². The summed E-state index contributed by atoms with van der Waals surface area (Å²) in [6, 6.07) is 10.2. The van der Waals surface area contributed by atoms with Crippen LogP contribution in [0.25, 0.3) is 0 Å². The molecule has 1 aromatic heterocycles. The Morgan fingerprint density at radius 1 is 1.28 bits per heavy atom. The van der Waals surface area contributed by atoms with Gasteiger partial charge in [0.05, 0.1) is 12.2 Å². The zero-order valence-corrected chi connectivity index (χ0v) is 15.9. The first-order chi connectivity index (χ1) is 11.5. The van der Waals surface area contributed by atoms with Crippen LogP contribution in [0.15, 0.2) is 30.3 Å². The van der Waals surface area contributed by atoms with E-state index in [9.17, 15) is 4.79 Å². The number of nitrogens with two attached hydrogens (primary N) is 1. The summed E-state index contributed by atoms with van der Waals surface area (Å²) in [6.07, 6.45) is 0.998. The van der Waals surface area contributed by atoms with Gasteiger partial charge < -0.3 is 10.6 Å². The highest BCUT2D eigenvalue weighted by molar-refractivity contribution is 5.94. The highest BCUT2D eigenvalue weighted by Crippen LogP contribution is 2.24. The van der Waals surface area contributed by atoms with Gasteiger partial charge in [-0.1, -0.05) is 12.1 Å². The van der Waals surface area contributed by atoms with Crippen molar-refractivity contribution in [1.29, 1.82) is 0 Å². The fourth-order valence-electron chi connectivity index (χ4n) is 3.52. The minimum atomic E-state index is 0. The van der Waals surface area contributed by atoms with Crippen molar-refractivity contribution in [3.8, 4) is 0 Å². The van der Waals surface area contributed by atoms with Crippen LogP contribution < -0.4 is 5.73 Å². The average molecular weight is 363 g/mol. The molecule has 0 spiro atoms. The second-order valence-corrected chi connectivity index (χ2v) is 6.93. The van der Waals surface area contributed by atoms with Crippen LogP contribution in [0.2, 0.25) is 0 Å². The van der Waals surface area contributed by atoms with E-state index < -0.39 is 0 Å². The fraction of sp³-hybridized carbons (Fsp3) is 0.474. The van der Waals surface area contributed by atoms with E-state index in [1.807, 2.05) is 40.8 Å². The second kappa shape index (κ2) is 8.02. The summed E-state index contributed by atoms with van der Waals surface area (Å²) in [4.78, 5) is 14.7. The molecule has 1 aliphatic rings. The highest BCUT2D eigenvalue weighted by atomic mass is 35.5. The van der Waals surface area contributed by atoms with Crippen LogP contribution in [-0.4, -0.2) is 39.7 Å². The van der Waals surface area contributed by atoms with Gasteiger partial charge in [-0.15, -0.1) is 12.4 Å². The molecule has 2 N–H and O–H groups in total. The molecule has 25 heavy (non-hydrogen) atoms. The molecule has 0 saturated carbocycles. The molecule has 1 saturated heterocycles. The first-order valence-corrected chi connectivity index (χ1v) is 8.59. The molecule has 2 unspecified atom stereocenters. The van der Waals surface area contributed by atoms with Crippen LogP contribution in [0.1, 0.15) is 40.7 Å². The van der Waals surface area contributed by atoms with Crippen LogP contribution in [0, 0.1) is 19.8 Å². The van der Waals surface area contributed by atoms with Crippen molar-refractivity contribution in [1.82, 2.24) is 14.7 Å². The lowest BCUT2D eigenvalue weighted by atomic mass is 10.1. The van der Waals surface area contributed by atoms with Gasteiger partial charge in [-0.2, -0.15) is 5.10 Å². The number of amides is 1. The molecular formula is C19H27ClN4O. The number of hydrogen-bond acceptors (Lipinski definition) is 3. The molecule has 1 fully saturated rings. The van der Waals surface area contributed by atoms with E-state index in [2.05, 4.69) is 25.0 Å². The molecule has 1 aliphatic heterocycles. The third-order valence-electron chi connectivity index (χ3n) is 4.89. The lowest BCUT2D eigenvalue weighted by Gasteiger charge is -2.21. The first kappa shape index (κ1) is 19.5. The quantitative estimate of drug-likeness (QED) is 0.909. The van der Waals surface area contributed by atoms with Gasteiger partial charge in [-0.25, -0.2) is 0 Å². The summed E-state index contributed by atoms with van der Waals surface area (Å²) in [5.74, 6) is 0.533. The number of carbonyl (C=O) groups excluding carboxylic acids is 1. The molecule has 6 heteroatoms. The van der Waals surface area contributed by atoms with E-state index in [1.54, 1.807) is 0 Å². The zero-order chi connectivity index (χ0) is 17.3. The Kier molecular flexibility index (Phi) is 6.25. The van der Waals surface area contributed by atoms with Crippen molar-refractivity contribution in [2.75, 3.05) is 13.1 Å². The van der Waals surface area contributed by atoms with Gasteiger partial charge in [0.15, 0.2) is 0 Å².